The van der Waals surface area contributed by atoms with E-state index < -0.39 is 0 Å². The predicted octanol–water partition coefficient (Wildman–Crippen LogP) is 4.12. The van der Waals surface area contributed by atoms with Gasteiger partial charge >= 0.3 is 0 Å². The molecule has 170 valence electrons. The first-order valence-corrected chi connectivity index (χ1v) is 11.6. The van der Waals surface area contributed by atoms with Crippen LogP contribution in [0.15, 0.2) is 47.4 Å². The van der Waals surface area contributed by atoms with E-state index in [1.54, 1.807) is 0 Å². The smallest absolute Gasteiger partial charge is 0.225 e. The van der Waals surface area contributed by atoms with Crippen LogP contribution in [0.4, 0.5) is 11.6 Å². The van der Waals surface area contributed by atoms with Crippen LogP contribution >= 0.6 is 0 Å². The van der Waals surface area contributed by atoms with Crippen molar-refractivity contribution in [1.82, 2.24) is 9.97 Å². The highest BCUT2D eigenvalue weighted by Gasteiger charge is 2.23. The van der Waals surface area contributed by atoms with Crippen LogP contribution in [0.3, 0.4) is 0 Å². The Balaban J connectivity index is 1.57. The number of ether oxygens (including phenoxy) is 1. The van der Waals surface area contributed by atoms with Crippen LogP contribution in [-0.2, 0) is 4.74 Å². The lowest BCUT2D eigenvalue weighted by Crippen LogP contribution is -2.40. The zero-order chi connectivity index (χ0) is 22.5. The first-order chi connectivity index (χ1) is 15.5. The summed E-state index contributed by atoms with van der Waals surface area (Å²) in [7, 11) is 0. The maximum absolute atomic E-state index is 6.08. The summed E-state index contributed by atoms with van der Waals surface area (Å²) in [6.45, 7) is 8.33. The molecule has 7 heteroatoms. The lowest BCUT2D eigenvalue weighted by Gasteiger charge is -2.30. The van der Waals surface area contributed by atoms with E-state index in [9.17, 15) is 0 Å². The number of piperidine rings is 1. The maximum atomic E-state index is 6.08. The molecule has 1 saturated carbocycles. The molecule has 4 N–H and O–H groups in total. The first kappa shape index (κ1) is 22.3. The lowest BCUT2D eigenvalue weighted by atomic mass is 9.94. The molecule has 32 heavy (non-hydrogen) atoms. The van der Waals surface area contributed by atoms with Gasteiger partial charge < -0.3 is 21.1 Å². The Labute approximate surface area is 190 Å². The summed E-state index contributed by atoms with van der Waals surface area (Å²) in [4.78, 5) is 16.0. The van der Waals surface area contributed by atoms with Crippen molar-refractivity contribution in [3.05, 3.63) is 48.0 Å². The van der Waals surface area contributed by atoms with Gasteiger partial charge in [0, 0.05) is 42.1 Å². The molecule has 1 aliphatic heterocycles. The molecular weight excluding hydrogens is 400 g/mol. The van der Waals surface area contributed by atoms with Crippen molar-refractivity contribution in [3.63, 3.8) is 0 Å². The van der Waals surface area contributed by atoms with Crippen LogP contribution in [0.25, 0.3) is 11.3 Å². The van der Waals surface area contributed by atoms with Crippen molar-refractivity contribution in [1.29, 1.82) is 0 Å². The highest BCUT2D eigenvalue weighted by molar-refractivity contribution is 5.67. The van der Waals surface area contributed by atoms with Crippen molar-refractivity contribution < 1.29 is 4.74 Å². The summed E-state index contributed by atoms with van der Waals surface area (Å²) in [5.74, 6) is 2.24. The summed E-state index contributed by atoms with van der Waals surface area (Å²) in [6, 6.07) is 8.14. The predicted molar refractivity (Wildman–Crippen MR) is 131 cm³/mol. The van der Waals surface area contributed by atoms with Crippen LogP contribution in [0, 0.1) is 5.92 Å². The van der Waals surface area contributed by atoms with Gasteiger partial charge in [-0.1, -0.05) is 19.1 Å². The van der Waals surface area contributed by atoms with Crippen molar-refractivity contribution in [2.24, 2.45) is 16.6 Å². The SMILES string of the molecule is C=N/C(=C\CC(C)c1cnc(N2CCC(N)CC2)nc1-c1ccc(N)cc1)OCC1CC1. The van der Waals surface area contributed by atoms with E-state index in [2.05, 4.69) is 23.5 Å². The molecule has 7 nitrogen and oxygen atoms in total. The van der Waals surface area contributed by atoms with Gasteiger partial charge in [-0.15, -0.1) is 0 Å². The molecule has 2 heterocycles. The second-order valence-corrected chi connectivity index (χ2v) is 9.01. The summed E-state index contributed by atoms with van der Waals surface area (Å²) in [5.41, 5.74) is 15.8. The average Bonchev–Trinajstić information content (AvgIpc) is 3.64. The third-order valence-corrected chi connectivity index (χ3v) is 6.31. The molecule has 2 aliphatic rings. The number of allylic oxidation sites excluding steroid dienone is 1. The molecule has 2 aromatic rings. The number of nitrogens with two attached hydrogens (primary N) is 2. The molecule has 0 spiro atoms. The molecular formula is C25H34N6O. The third kappa shape index (κ3) is 5.65. The van der Waals surface area contributed by atoms with Gasteiger partial charge in [-0.25, -0.2) is 15.0 Å². The highest BCUT2D eigenvalue weighted by Crippen LogP contribution is 2.33. The summed E-state index contributed by atoms with van der Waals surface area (Å²) in [6.07, 6.45) is 9.17. The number of rotatable bonds is 9. The Bertz CT molecular complexity index is 945. The monoisotopic (exact) mass is 434 g/mol. The number of hydrogen-bond acceptors (Lipinski definition) is 7. The molecule has 2 fully saturated rings. The van der Waals surface area contributed by atoms with Crippen LogP contribution in [0.5, 0.6) is 0 Å². The van der Waals surface area contributed by atoms with Gasteiger partial charge in [0.05, 0.1) is 12.3 Å². The number of nitrogens with zero attached hydrogens (tertiary/aromatic N) is 4. The minimum atomic E-state index is 0.188. The van der Waals surface area contributed by atoms with E-state index in [-0.39, 0.29) is 12.0 Å². The van der Waals surface area contributed by atoms with Crippen molar-refractivity contribution in [2.75, 3.05) is 30.3 Å². The topological polar surface area (TPSA) is 103 Å². The van der Waals surface area contributed by atoms with Crippen molar-refractivity contribution in [3.8, 4) is 11.3 Å². The molecule has 1 atom stereocenters. The molecule has 1 aliphatic carbocycles. The van der Waals surface area contributed by atoms with Crippen LogP contribution < -0.4 is 16.4 Å². The van der Waals surface area contributed by atoms with Gasteiger partial charge in [0.15, 0.2) is 0 Å². The second kappa shape index (κ2) is 10.1. The lowest BCUT2D eigenvalue weighted by molar-refractivity contribution is 0.196. The summed E-state index contributed by atoms with van der Waals surface area (Å²) >= 11 is 0. The van der Waals surface area contributed by atoms with Gasteiger partial charge in [-0.2, -0.15) is 0 Å². The van der Waals surface area contributed by atoms with Crippen LogP contribution in [0.1, 0.15) is 50.5 Å². The maximum Gasteiger partial charge on any atom is 0.225 e. The van der Waals surface area contributed by atoms with Crippen LogP contribution in [-0.4, -0.2) is 42.4 Å². The number of nitrogen functional groups attached to an aromatic ring is 1. The Morgan fingerprint density at radius 3 is 2.62 bits per heavy atom. The molecule has 1 aromatic heterocycles. The molecule has 0 radical (unpaired) electrons. The quantitative estimate of drug-likeness (QED) is 0.350. The minimum Gasteiger partial charge on any atom is -0.478 e. The normalized spacial score (nSPS) is 18.4. The van der Waals surface area contributed by atoms with E-state index in [0.717, 1.165) is 67.4 Å². The number of aromatic nitrogens is 2. The number of anilines is 2. The minimum absolute atomic E-state index is 0.188. The summed E-state index contributed by atoms with van der Waals surface area (Å²) in [5, 5.41) is 0. The zero-order valence-corrected chi connectivity index (χ0v) is 18.9. The highest BCUT2D eigenvalue weighted by atomic mass is 16.5. The van der Waals surface area contributed by atoms with Crippen molar-refractivity contribution in [2.45, 2.75) is 51.0 Å². The van der Waals surface area contributed by atoms with E-state index >= 15 is 0 Å². The first-order valence-electron chi connectivity index (χ1n) is 11.6. The van der Waals surface area contributed by atoms with Gasteiger partial charge in [0.1, 0.15) is 0 Å². The molecule has 0 bridgehead atoms. The Morgan fingerprint density at radius 2 is 1.97 bits per heavy atom. The fourth-order valence-electron chi connectivity index (χ4n) is 3.93. The van der Waals surface area contributed by atoms with E-state index in [4.69, 9.17) is 26.2 Å². The average molecular weight is 435 g/mol. The molecule has 4 rings (SSSR count). The van der Waals surface area contributed by atoms with Gasteiger partial charge in [-0.05, 0) is 68.9 Å². The van der Waals surface area contributed by atoms with Gasteiger partial charge in [0.2, 0.25) is 11.8 Å². The molecule has 1 saturated heterocycles. The Kier molecular flexibility index (Phi) is 7.05. The third-order valence-electron chi connectivity index (χ3n) is 6.31. The number of aliphatic imine (C=N–C) groups is 1. The zero-order valence-electron chi connectivity index (χ0n) is 18.9. The largest absolute Gasteiger partial charge is 0.478 e. The van der Waals surface area contributed by atoms with E-state index in [0.29, 0.717) is 11.8 Å². The number of benzene rings is 1. The van der Waals surface area contributed by atoms with Gasteiger partial charge in [-0.3, -0.25) is 0 Å². The van der Waals surface area contributed by atoms with Gasteiger partial charge in [0.25, 0.3) is 0 Å². The van der Waals surface area contributed by atoms with Crippen LogP contribution in [0.2, 0.25) is 0 Å². The fraction of sp³-hybridized carbons (Fsp3) is 0.480. The van der Waals surface area contributed by atoms with E-state index in [1.807, 2.05) is 36.5 Å². The number of hydrogen-bond donors (Lipinski definition) is 2. The summed E-state index contributed by atoms with van der Waals surface area (Å²) < 4.78 is 5.81. The fourth-order valence-corrected chi connectivity index (χ4v) is 3.93. The molecule has 1 aromatic carbocycles. The Hall–Kier alpha value is -2.93. The van der Waals surface area contributed by atoms with E-state index in [1.165, 1.54) is 12.8 Å². The van der Waals surface area contributed by atoms with Crippen molar-refractivity contribution >= 4 is 18.4 Å². The molecule has 0 amide bonds. The second-order valence-electron chi connectivity index (χ2n) is 9.01. The molecule has 1 unspecified atom stereocenters. The Morgan fingerprint density at radius 1 is 1.25 bits per heavy atom. The standard InChI is InChI=1S/C25H34N6O/c1-17(3-10-23(28-2)32-16-18-4-5-18)22-15-29-25(31-13-11-21(27)12-14-31)30-24(22)19-6-8-20(26)9-7-19/h6-10,15,17-18,21H,2-5,11-14,16,26-27H2,1H3/b23-10+.